The Hall–Kier alpha value is -1.66. The minimum atomic E-state index is -3.48. The van der Waals surface area contributed by atoms with E-state index in [1.165, 1.54) is 13.2 Å². The molecule has 0 bridgehead atoms. The van der Waals surface area contributed by atoms with Crippen molar-refractivity contribution < 1.29 is 17.9 Å². The van der Waals surface area contributed by atoms with Gasteiger partial charge < -0.3 is 4.74 Å². The molecule has 0 saturated heterocycles. The van der Waals surface area contributed by atoms with Crippen molar-refractivity contribution in [3.8, 4) is 0 Å². The van der Waals surface area contributed by atoms with E-state index in [2.05, 4.69) is 9.46 Å². The quantitative estimate of drug-likeness (QED) is 0.486. The number of carbonyl (C=O) groups excluding carboxylic acids is 1. The second-order valence-corrected chi connectivity index (χ2v) is 5.69. The molecule has 0 amide bonds. The van der Waals surface area contributed by atoms with Crippen molar-refractivity contribution in [1.29, 1.82) is 0 Å². The summed E-state index contributed by atoms with van der Waals surface area (Å²) in [7, 11) is -2.20. The zero-order valence-corrected chi connectivity index (χ0v) is 11.7. The largest absolute Gasteiger partial charge is 0.466 e. The Kier molecular flexibility index (Phi) is 5.72. The van der Waals surface area contributed by atoms with E-state index in [0.717, 1.165) is 5.56 Å². The van der Waals surface area contributed by atoms with Crippen molar-refractivity contribution >= 4 is 16.0 Å². The van der Waals surface area contributed by atoms with Crippen LogP contribution in [0, 0.1) is 6.92 Å². The first-order valence-corrected chi connectivity index (χ1v) is 7.25. The molecule has 1 rings (SSSR count). The molecule has 0 aromatic heterocycles. The van der Waals surface area contributed by atoms with Gasteiger partial charge in [-0.15, -0.1) is 0 Å². The first-order valence-electron chi connectivity index (χ1n) is 5.76. The first kappa shape index (κ1) is 15.4. The fraction of sp³-hybridized carbons (Fsp3) is 0.308. The van der Waals surface area contributed by atoms with Crippen LogP contribution < -0.4 is 4.72 Å². The van der Waals surface area contributed by atoms with Gasteiger partial charge in [-0.2, -0.15) is 0 Å². The topological polar surface area (TPSA) is 72.5 Å². The molecule has 0 aliphatic rings. The average Bonchev–Trinajstić information content (AvgIpc) is 2.38. The summed E-state index contributed by atoms with van der Waals surface area (Å²) in [5, 5.41) is 0. The molecule has 5 nitrogen and oxygen atoms in total. The number of sulfonamides is 1. The normalized spacial score (nSPS) is 11.7. The van der Waals surface area contributed by atoms with Crippen molar-refractivity contribution in [3.63, 3.8) is 0 Å². The van der Waals surface area contributed by atoms with Gasteiger partial charge in [-0.25, -0.2) is 17.9 Å². The number of nitrogens with one attached hydrogen (secondary N) is 1. The number of esters is 1. The Bertz CT molecular complexity index is 547. The Labute approximate surface area is 113 Å². The van der Waals surface area contributed by atoms with Gasteiger partial charge in [0.2, 0.25) is 10.0 Å². The Balaban J connectivity index is 2.50. The summed E-state index contributed by atoms with van der Waals surface area (Å²) in [6.07, 6.45) is 3.24. The highest BCUT2D eigenvalue weighted by Gasteiger charge is 2.11. The molecular formula is C13H17NO4S. The van der Waals surface area contributed by atoms with E-state index in [0.29, 0.717) is 6.42 Å². The highest BCUT2D eigenvalue weighted by Crippen LogP contribution is 2.09. The molecule has 0 aliphatic heterocycles. The lowest BCUT2D eigenvalue weighted by Crippen LogP contribution is -2.24. The third kappa shape index (κ3) is 5.23. The SMILES string of the molecule is COC(=O)C=CCCNS(=O)(=O)c1ccc(C)cc1. The molecular weight excluding hydrogens is 266 g/mol. The lowest BCUT2D eigenvalue weighted by Gasteiger charge is -2.05. The van der Waals surface area contributed by atoms with Crippen LogP contribution in [-0.4, -0.2) is 28.0 Å². The van der Waals surface area contributed by atoms with Gasteiger partial charge in [0, 0.05) is 12.6 Å². The van der Waals surface area contributed by atoms with Crippen LogP contribution in [0.15, 0.2) is 41.3 Å². The van der Waals surface area contributed by atoms with E-state index < -0.39 is 16.0 Å². The lowest BCUT2D eigenvalue weighted by molar-refractivity contribution is -0.134. The van der Waals surface area contributed by atoms with Gasteiger partial charge in [0.05, 0.1) is 12.0 Å². The third-order valence-corrected chi connectivity index (χ3v) is 3.87. The monoisotopic (exact) mass is 283 g/mol. The number of hydrogen-bond donors (Lipinski definition) is 1. The minimum absolute atomic E-state index is 0.226. The molecule has 1 aromatic rings. The Morgan fingerprint density at radius 1 is 1.32 bits per heavy atom. The van der Waals surface area contributed by atoms with Crippen LogP contribution in [-0.2, 0) is 19.6 Å². The van der Waals surface area contributed by atoms with Crippen molar-refractivity contribution in [2.45, 2.75) is 18.2 Å². The third-order valence-electron chi connectivity index (χ3n) is 2.39. The summed E-state index contributed by atoms with van der Waals surface area (Å²) in [4.78, 5) is 11.0. The zero-order valence-electron chi connectivity index (χ0n) is 10.9. The average molecular weight is 283 g/mol. The maximum Gasteiger partial charge on any atom is 0.330 e. The second kappa shape index (κ2) is 7.06. The van der Waals surface area contributed by atoms with Gasteiger partial charge >= 0.3 is 5.97 Å². The van der Waals surface area contributed by atoms with Crippen LogP contribution in [0.25, 0.3) is 0 Å². The fourth-order valence-electron chi connectivity index (χ4n) is 1.32. The van der Waals surface area contributed by atoms with E-state index >= 15 is 0 Å². The number of rotatable bonds is 6. The highest BCUT2D eigenvalue weighted by molar-refractivity contribution is 7.89. The van der Waals surface area contributed by atoms with Gasteiger partial charge in [-0.05, 0) is 25.5 Å². The highest BCUT2D eigenvalue weighted by atomic mass is 32.2. The molecule has 1 aromatic carbocycles. The van der Waals surface area contributed by atoms with Gasteiger partial charge in [-0.1, -0.05) is 23.8 Å². The van der Waals surface area contributed by atoms with Crippen molar-refractivity contribution in [1.82, 2.24) is 4.72 Å². The van der Waals surface area contributed by atoms with Crippen LogP contribution in [0.3, 0.4) is 0 Å². The number of hydrogen-bond acceptors (Lipinski definition) is 4. The summed E-state index contributed by atoms with van der Waals surface area (Å²) < 4.78 is 30.6. The molecule has 0 unspecified atom stereocenters. The van der Waals surface area contributed by atoms with Crippen molar-refractivity contribution in [3.05, 3.63) is 42.0 Å². The molecule has 6 heteroatoms. The number of aryl methyl sites for hydroxylation is 1. The molecule has 0 spiro atoms. The van der Waals surface area contributed by atoms with Crippen LogP contribution in [0.2, 0.25) is 0 Å². The number of carbonyl (C=O) groups is 1. The summed E-state index contributed by atoms with van der Waals surface area (Å²) in [5.41, 5.74) is 1.000. The van der Waals surface area contributed by atoms with Crippen LogP contribution in [0.4, 0.5) is 0 Å². The molecule has 0 saturated carbocycles. The Morgan fingerprint density at radius 2 is 1.95 bits per heavy atom. The maximum absolute atomic E-state index is 11.9. The van der Waals surface area contributed by atoms with Crippen LogP contribution in [0.1, 0.15) is 12.0 Å². The van der Waals surface area contributed by atoms with Crippen molar-refractivity contribution in [2.24, 2.45) is 0 Å². The number of methoxy groups -OCH3 is 1. The second-order valence-electron chi connectivity index (χ2n) is 3.93. The Morgan fingerprint density at radius 3 is 2.53 bits per heavy atom. The molecule has 104 valence electrons. The predicted molar refractivity (Wildman–Crippen MR) is 72.1 cm³/mol. The van der Waals surface area contributed by atoms with Crippen LogP contribution >= 0.6 is 0 Å². The fourth-order valence-corrected chi connectivity index (χ4v) is 2.37. The van der Waals surface area contributed by atoms with E-state index in [1.807, 2.05) is 6.92 Å². The predicted octanol–water partition coefficient (Wildman–Crippen LogP) is 1.39. The van der Waals surface area contributed by atoms with Gasteiger partial charge in [-0.3, -0.25) is 0 Å². The summed E-state index contributed by atoms with van der Waals surface area (Å²) >= 11 is 0. The molecule has 19 heavy (non-hydrogen) atoms. The maximum atomic E-state index is 11.9. The number of ether oxygens (including phenoxy) is 1. The standard InChI is InChI=1S/C13H17NO4S/c1-11-6-8-12(9-7-11)19(16,17)14-10-4-3-5-13(15)18-2/h3,5-9,14H,4,10H2,1-2H3. The molecule has 0 aliphatic carbocycles. The van der Waals surface area contributed by atoms with E-state index in [4.69, 9.17) is 0 Å². The van der Waals surface area contributed by atoms with Gasteiger partial charge in [0.15, 0.2) is 0 Å². The van der Waals surface area contributed by atoms with E-state index in [9.17, 15) is 13.2 Å². The lowest BCUT2D eigenvalue weighted by atomic mass is 10.2. The van der Waals surface area contributed by atoms with E-state index in [1.54, 1.807) is 30.3 Å². The van der Waals surface area contributed by atoms with Crippen LogP contribution in [0.5, 0.6) is 0 Å². The zero-order chi connectivity index (χ0) is 14.3. The summed E-state index contributed by atoms with van der Waals surface area (Å²) in [5.74, 6) is -0.457. The van der Waals surface area contributed by atoms with Crippen molar-refractivity contribution in [2.75, 3.05) is 13.7 Å². The first-order chi connectivity index (χ1) is 8.95. The minimum Gasteiger partial charge on any atom is -0.466 e. The molecule has 0 atom stereocenters. The van der Waals surface area contributed by atoms with E-state index in [-0.39, 0.29) is 11.4 Å². The molecule has 0 fully saturated rings. The molecule has 1 N–H and O–H groups in total. The van der Waals surface area contributed by atoms with Gasteiger partial charge in [0.25, 0.3) is 0 Å². The molecule has 0 radical (unpaired) electrons. The number of benzene rings is 1. The smallest absolute Gasteiger partial charge is 0.330 e. The molecule has 0 heterocycles. The van der Waals surface area contributed by atoms with Gasteiger partial charge in [0.1, 0.15) is 0 Å². The summed E-state index contributed by atoms with van der Waals surface area (Å²) in [6, 6.07) is 6.60. The summed E-state index contributed by atoms with van der Waals surface area (Å²) in [6.45, 7) is 2.12.